The number of aryl methyl sites for hydroxylation is 1. The molecule has 0 bridgehead atoms. The third kappa shape index (κ3) is 5.34. The maximum atomic E-state index is 8.74. The topological polar surface area (TPSA) is 122 Å². The predicted octanol–water partition coefficient (Wildman–Crippen LogP) is 0.315. The molecule has 0 atom stereocenters. The first kappa shape index (κ1) is 16.9. The van der Waals surface area contributed by atoms with E-state index in [1.807, 2.05) is 17.7 Å². The van der Waals surface area contributed by atoms with Crippen LogP contribution in [0.5, 0.6) is 0 Å². The number of nitrogens with two attached hydrogens (primary N) is 1. The standard InChI is InChI=1S/C14H20N8S/c1-11-13(21-10-19-11)7-23-5-4-22(14(16)18-8-15)3-2-12-6-17-9-20-12/h6,9-10H,2-5,7H2,1H3,(H4,16,17,18,19,20,21)/p+1. The second kappa shape index (κ2) is 8.85. The molecule has 0 amide bonds. The molecule has 0 saturated carbocycles. The van der Waals surface area contributed by atoms with Gasteiger partial charge in [-0.15, -0.1) is 0 Å². The third-order valence-electron chi connectivity index (χ3n) is 3.41. The molecule has 2 heterocycles. The van der Waals surface area contributed by atoms with Gasteiger partial charge in [0.15, 0.2) is 0 Å². The second-order valence-electron chi connectivity index (χ2n) is 4.96. The van der Waals surface area contributed by atoms with Crippen molar-refractivity contribution >= 4 is 17.7 Å². The maximum Gasteiger partial charge on any atom is 0.357 e. The molecule has 2 aromatic rings. The number of H-pyrrole nitrogens is 2. The van der Waals surface area contributed by atoms with Gasteiger partial charge in [-0.25, -0.2) is 9.97 Å². The molecule has 2 rings (SSSR count). The number of nitriles is 1. The number of imidazole rings is 2. The van der Waals surface area contributed by atoms with Gasteiger partial charge >= 0.3 is 5.96 Å². The molecule has 2 aromatic heterocycles. The average molecular weight is 333 g/mol. The Labute approximate surface area is 139 Å². The van der Waals surface area contributed by atoms with Crippen LogP contribution in [0, 0.1) is 18.4 Å². The van der Waals surface area contributed by atoms with Crippen LogP contribution >= 0.6 is 11.8 Å². The van der Waals surface area contributed by atoms with Crippen molar-refractivity contribution in [2.24, 2.45) is 5.73 Å². The van der Waals surface area contributed by atoms with Crippen LogP contribution in [0.3, 0.4) is 0 Å². The van der Waals surface area contributed by atoms with Crippen molar-refractivity contribution in [1.82, 2.24) is 25.3 Å². The lowest BCUT2D eigenvalue weighted by molar-refractivity contribution is -0.525. The van der Waals surface area contributed by atoms with Crippen molar-refractivity contribution < 1.29 is 4.58 Å². The second-order valence-corrected chi connectivity index (χ2v) is 6.07. The van der Waals surface area contributed by atoms with E-state index >= 15 is 0 Å². The molecule has 0 saturated heterocycles. The summed E-state index contributed by atoms with van der Waals surface area (Å²) in [7, 11) is 0. The van der Waals surface area contributed by atoms with Gasteiger partial charge in [-0.3, -0.25) is 10.3 Å². The Morgan fingerprint density at radius 2 is 2.30 bits per heavy atom. The predicted molar refractivity (Wildman–Crippen MR) is 89.7 cm³/mol. The van der Waals surface area contributed by atoms with E-state index in [0.29, 0.717) is 12.5 Å². The summed E-state index contributed by atoms with van der Waals surface area (Å²) < 4.78 is 1.97. The monoisotopic (exact) mass is 333 g/mol. The number of guanidine groups is 1. The van der Waals surface area contributed by atoms with Gasteiger partial charge < -0.3 is 9.97 Å². The molecule has 0 unspecified atom stereocenters. The highest BCUT2D eigenvalue weighted by molar-refractivity contribution is 7.98. The van der Waals surface area contributed by atoms with Crippen molar-refractivity contribution in [2.75, 3.05) is 18.8 Å². The van der Waals surface area contributed by atoms with Gasteiger partial charge in [0.25, 0.3) is 6.19 Å². The summed E-state index contributed by atoms with van der Waals surface area (Å²) in [6.07, 6.45) is 7.82. The Morgan fingerprint density at radius 3 is 2.96 bits per heavy atom. The van der Waals surface area contributed by atoms with Crippen LogP contribution in [0.2, 0.25) is 0 Å². The van der Waals surface area contributed by atoms with Gasteiger partial charge in [-0.2, -0.15) is 22.3 Å². The zero-order chi connectivity index (χ0) is 16.5. The van der Waals surface area contributed by atoms with E-state index < -0.39 is 0 Å². The normalized spacial score (nSPS) is 11.8. The van der Waals surface area contributed by atoms with E-state index in [4.69, 9.17) is 11.0 Å². The van der Waals surface area contributed by atoms with Crippen molar-refractivity contribution in [3.05, 3.63) is 35.9 Å². The summed E-state index contributed by atoms with van der Waals surface area (Å²) in [4.78, 5) is 14.4. The average Bonchev–Trinajstić information content (AvgIpc) is 3.18. The van der Waals surface area contributed by atoms with Crippen molar-refractivity contribution in [2.45, 2.75) is 19.1 Å². The molecular formula is C14H21N8S+. The fourth-order valence-corrected chi connectivity index (χ4v) is 3.02. The molecule has 0 radical (unpaired) electrons. The Hall–Kier alpha value is -2.47. The minimum absolute atomic E-state index is 0.378. The van der Waals surface area contributed by atoms with Gasteiger partial charge in [-0.1, -0.05) is 0 Å². The van der Waals surface area contributed by atoms with Crippen LogP contribution < -0.4 is 11.1 Å². The van der Waals surface area contributed by atoms with Gasteiger partial charge in [0.2, 0.25) is 0 Å². The number of thioether (sulfide) groups is 1. The summed E-state index contributed by atoms with van der Waals surface area (Å²) in [5.41, 5.74) is 9.14. The van der Waals surface area contributed by atoms with E-state index in [9.17, 15) is 0 Å². The van der Waals surface area contributed by atoms with Gasteiger partial charge in [0, 0.05) is 35.5 Å². The molecular weight excluding hydrogens is 312 g/mol. The highest BCUT2D eigenvalue weighted by Gasteiger charge is 2.09. The van der Waals surface area contributed by atoms with Crippen LogP contribution in [0.15, 0.2) is 18.9 Å². The molecule has 0 aliphatic carbocycles. The lowest BCUT2D eigenvalue weighted by Gasteiger charge is -2.09. The Bertz CT molecular complexity index is 667. The third-order valence-corrected chi connectivity index (χ3v) is 4.36. The first-order chi connectivity index (χ1) is 11.2. The number of rotatable bonds is 8. The minimum atomic E-state index is 0.378. The number of aromatic amines is 2. The fourth-order valence-electron chi connectivity index (χ4n) is 2.04. The minimum Gasteiger partial charge on any atom is -0.348 e. The van der Waals surface area contributed by atoms with Crippen LogP contribution in [0.1, 0.15) is 17.1 Å². The smallest absolute Gasteiger partial charge is 0.348 e. The van der Waals surface area contributed by atoms with Crippen molar-refractivity contribution in [3.63, 3.8) is 0 Å². The van der Waals surface area contributed by atoms with Crippen molar-refractivity contribution in [3.8, 4) is 6.19 Å². The van der Waals surface area contributed by atoms with Crippen LogP contribution in [0.25, 0.3) is 0 Å². The summed E-state index contributed by atoms with van der Waals surface area (Å²) in [6, 6.07) is 0. The summed E-state index contributed by atoms with van der Waals surface area (Å²) in [5, 5.41) is 11.3. The molecule has 0 spiro atoms. The SMILES string of the molecule is Cc1[nH]cnc1CSCC[N+](CCc1cnc[nH]1)=C(N)NC#N. The molecule has 0 aromatic carbocycles. The summed E-state index contributed by atoms with van der Waals surface area (Å²) >= 11 is 1.79. The van der Waals surface area contributed by atoms with E-state index in [-0.39, 0.29) is 0 Å². The number of nitrogens with one attached hydrogen (secondary N) is 3. The number of hydrogen-bond donors (Lipinski definition) is 4. The Kier molecular flexibility index (Phi) is 6.50. The Balaban J connectivity index is 1.83. The maximum absolute atomic E-state index is 8.74. The molecule has 0 fully saturated rings. The fraction of sp³-hybridized carbons (Fsp3) is 0.429. The largest absolute Gasteiger partial charge is 0.357 e. The highest BCUT2D eigenvalue weighted by Crippen LogP contribution is 2.12. The molecule has 8 nitrogen and oxygen atoms in total. The first-order valence-electron chi connectivity index (χ1n) is 7.27. The highest BCUT2D eigenvalue weighted by atomic mass is 32.2. The van der Waals surface area contributed by atoms with E-state index in [2.05, 4.69) is 25.3 Å². The van der Waals surface area contributed by atoms with Gasteiger partial charge in [0.1, 0.15) is 0 Å². The van der Waals surface area contributed by atoms with E-state index in [1.54, 1.807) is 30.6 Å². The van der Waals surface area contributed by atoms with Gasteiger partial charge in [-0.05, 0) is 6.92 Å². The number of hydrogen-bond acceptors (Lipinski definition) is 4. The molecule has 23 heavy (non-hydrogen) atoms. The molecule has 0 aliphatic rings. The molecule has 122 valence electrons. The Morgan fingerprint density at radius 1 is 1.43 bits per heavy atom. The zero-order valence-electron chi connectivity index (χ0n) is 13.0. The summed E-state index contributed by atoms with van der Waals surface area (Å²) in [6.45, 7) is 3.48. The molecule has 0 aliphatic heterocycles. The first-order valence-corrected chi connectivity index (χ1v) is 8.42. The van der Waals surface area contributed by atoms with Crippen molar-refractivity contribution in [1.29, 1.82) is 5.26 Å². The van der Waals surface area contributed by atoms with Gasteiger partial charge in [0.05, 0.1) is 31.4 Å². The molecule has 5 N–H and O–H groups in total. The lowest BCUT2D eigenvalue weighted by atomic mass is 10.3. The van der Waals surface area contributed by atoms with Crippen LogP contribution in [-0.2, 0) is 12.2 Å². The van der Waals surface area contributed by atoms with E-state index in [1.165, 1.54) is 0 Å². The number of nitrogens with zero attached hydrogens (tertiary/aromatic N) is 4. The quantitative estimate of drug-likeness (QED) is 0.138. The summed E-state index contributed by atoms with van der Waals surface area (Å²) in [5.74, 6) is 2.13. The number of aromatic nitrogens is 4. The molecule has 9 heteroatoms. The lowest BCUT2D eigenvalue weighted by Crippen LogP contribution is -2.40. The zero-order valence-corrected chi connectivity index (χ0v) is 13.9. The van der Waals surface area contributed by atoms with E-state index in [0.717, 1.165) is 41.6 Å². The van der Waals surface area contributed by atoms with Crippen LogP contribution in [-0.4, -0.2) is 49.3 Å². The van der Waals surface area contributed by atoms with Crippen LogP contribution in [0.4, 0.5) is 0 Å².